The average molecular weight is 231 g/mol. The molecule has 1 aromatic heterocycles. The molecule has 1 aromatic rings. The molecule has 17 heavy (non-hydrogen) atoms. The van der Waals surface area contributed by atoms with Crippen LogP contribution in [0.3, 0.4) is 0 Å². The van der Waals surface area contributed by atoms with Crippen LogP contribution in [0.4, 0.5) is 0 Å². The molecule has 1 fully saturated rings. The molecule has 2 rings (SSSR count). The highest BCUT2D eigenvalue weighted by atomic mass is 16.5. The number of aromatic nitrogens is 1. The minimum Gasteiger partial charge on any atom is -0.492 e. The van der Waals surface area contributed by atoms with Crippen molar-refractivity contribution in [1.29, 1.82) is 5.26 Å². The summed E-state index contributed by atoms with van der Waals surface area (Å²) in [5.74, 6) is 0.730. The molecular weight excluding hydrogens is 214 g/mol. The van der Waals surface area contributed by atoms with E-state index in [4.69, 9.17) is 10.00 Å². The normalized spacial score (nSPS) is 16.4. The summed E-state index contributed by atoms with van der Waals surface area (Å²) in [5.41, 5.74) is 0.403. The van der Waals surface area contributed by atoms with E-state index in [1.165, 1.54) is 32.4 Å². The number of nitriles is 1. The van der Waals surface area contributed by atoms with Crippen molar-refractivity contribution in [3.05, 3.63) is 24.0 Å². The second-order valence-corrected chi connectivity index (χ2v) is 4.24. The summed E-state index contributed by atoms with van der Waals surface area (Å²) in [6.07, 6.45) is 5.56. The second-order valence-electron chi connectivity index (χ2n) is 4.24. The van der Waals surface area contributed by atoms with Crippen molar-refractivity contribution in [2.24, 2.45) is 0 Å². The SMILES string of the molecule is N#Cc1cc(OCCN2CCCCC2)ccn1. The quantitative estimate of drug-likeness (QED) is 0.793. The first kappa shape index (κ1) is 11.9. The zero-order valence-electron chi connectivity index (χ0n) is 9.93. The van der Waals surface area contributed by atoms with Gasteiger partial charge in [0.1, 0.15) is 24.1 Å². The Morgan fingerprint density at radius 1 is 1.35 bits per heavy atom. The van der Waals surface area contributed by atoms with Gasteiger partial charge in [-0.2, -0.15) is 5.26 Å². The number of nitrogens with zero attached hydrogens (tertiary/aromatic N) is 3. The Kier molecular flexibility index (Phi) is 4.34. The van der Waals surface area contributed by atoms with E-state index in [1.807, 2.05) is 6.07 Å². The smallest absolute Gasteiger partial charge is 0.144 e. The molecule has 0 radical (unpaired) electrons. The zero-order chi connectivity index (χ0) is 11.9. The van der Waals surface area contributed by atoms with E-state index in [0.29, 0.717) is 12.3 Å². The number of piperidine rings is 1. The fourth-order valence-corrected chi connectivity index (χ4v) is 2.04. The van der Waals surface area contributed by atoms with Crippen molar-refractivity contribution in [3.8, 4) is 11.8 Å². The molecule has 0 atom stereocenters. The zero-order valence-corrected chi connectivity index (χ0v) is 9.93. The van der Waals surface area contributed by atoms with Gasteiger partial charge in [-0.3, -0.25) is 4.90 Å². The van der Waals surface area contributed by atoms with Gasteiger partial charge in [0.2, 0.25) is 0 Å². The lowest BCUT2D eigenvalue weighted by Crippen LogP contribution is -2.33. The second kappa shape index (κ2) is 6.21. The standard InChI is InChI=1S/C13H17N3O/c14-11-12-10-13(4-5-15-12)17-9-8-16-6-2-1-3-7-16/h4-5,10H,1-3,6-9H2. The Balaban J connectivity index is 1.75. The molecule has 0 aromatic carbocycles. The molecule has 0 spiro atoms. The molecule has 1 aliphatic rings. The van der Waals surface area contributed by atoms with Gasteiger partial charge in [0.15, 0.2) is 0 Å². The Morgan fingerprint density at radius 3 is 2.94 bits per heavy atom. The van der Waals surface area contributed by atoms with Gasteiger partial charge in [0.25, 0.3) is 0 Å². The maximum absolute atomic E-state index is 8.72. The van der Waals surface area contributed by atoms with Crippen molar-refractivity contribution in [2.45, 2.75) is 19.3 Å². The van der Waals surface area contributed by atoms with Gasteiger partial charge in [-0.05, 0) is 32.0 Å². The molecule has 4 nitrogen and oxygen atoms in total. The van der Waals surface area contributed by atoms with Crippen LogP contribution in [0.25, 0.3) is 0 Å². The fraction of sp³-hybridized carbons (Fsp3) is 0.538. The molecule has 0 N–H and O–H groups in total. The lowest BCUT2D eigenvalue weighted by molar-refractivity contribution is 0.183. The Labute approximate surface area is 102 Å². The molecule has 0 amide bonds. The number of hydrogen-bond acceptors (Lipinski definition) is 4. The van der Waals surface area contributed by atoms with Gasteiger partial charge in [-0.25, -0.2) is 4.98 Å². The third-order valence-electron chi connectivity index (χ3n) is 2.97. The van der Waals surface area contributed by atoms with Gasteiger partial charge in [-0.1, -0.05) is 6.42 Å². The van der Waals surface area contributed by atoms with Crippen LogP contribution in [-0.4, -0.2) is 36.1 Å². The summed E-state index contributed by atoms with van der Waals surface area (Å²) in [7, 11) is 0. The maximum atomic E-state index is 8.72. The topological polar surface area (TPSA) is 49.1 Å². The van der Waals surface area contributed by atoms with Crippen LogP contribution in [0.5, 0.6) is 5.75 Å². The number of ether oxygens (including phenoxy) is 1. The highest BCUT2D eigenvalue weighted by Gasteiger charge is 2.09. The predicted molar refractivity (Wildman–Crippen MR) is 64.7 cm³/mol. The van der Waals surface area contributed by atoms with Crippen LogP contribution in [0.15, 0.2) is 18.3 Å². The van der Waals surface area contributed by atoms with Gasteiger partial charge in [0, 0.05) is 18.8 Å². The van der Waals surface area contributed by atoms with Crippen molar-refractivity contribution in [3.63, 3.8) is 0 Å². The molecule has 0 unspecified atom stereocenters. The van der Waals surface area contributed by atoms with Gasteiger partial charge in [0.05, 0.1) is 0 Å². The van der Waals surface area contributed by atoms with E-state index in [1.54, 1.807) is 18.3 Å². The molecule has 2 heterocycles. The lowest BCUT2D eigenvalue weighted by Gasteiger charge is -2.26. The fourth-order valence-electron chi connectivity index (χ4n) is 2.04. The summed E-state index contributed by atoms with van der Waals surface area (Å²) in [6, 6.07) is 5.47. The van der Waals surface area contributed by atoms with E-state index in [2.05, 4.69) is 9.88 Å². The molecule has 1 saturated heterocycles. The minimum atomic E-state index is 0.403. The Hall–Kier alpha value is -1.60. The summed E-state index contributed by atoms with van der Waals surface area (Å²) in [5, 5.41) is 8.72. The highest BCUT2D eigenvalue weighted by molar-refractivity contribution is 5.29. The predicted octanol–water partition coefficient (Wildman–Crippen LogP) is 1.82. The monoisotopic (exact) mass is 231 g/mol. The molecule has 0 aliphatic carbocycles. The Morgan fingerprint density at radius 2 is 2.18 bits per heavy atom. The lowest BCUT2D eigenvalue weighted by atomic mass is 10.1. The third-order valence-corrected chi connectivity index (χ3v) is 2.97. The Bertz CT molecular complexity index is 394. The van der Waals surface area contributed by atoms with E-state index < -0.39 is 0 Å². The van der Waals surface area contributed by atoms with E-state index >= 15 is 0 Å². The number of likely N-dealkylation sites (tertiary alicyclic amines) is 1. The third kappa shape index (κ3) is 3.72. The van der Waals surface area contributed by atoms with E-state index in [9.17, 15) is 0 Å². The number of rotatable bonds is 4. The maximum Gasteiger partial charge on any atom is 0.144 e. The van der Waals surface area contributed by atoms with Crippen molar-refractivity contribution >= 4 is 0 Å². The van der Waals surface area contributed by atoms with E-state index in [0.717, 1.165) is 12.3 Å². The molecular formula is C13H17N3O. The molecule has 1 aliphatic heterocycles. The largest absolute Gasteiger partial charge is 0.492 e. The summed E-state index contributed by atoms with van der Waals surface area (Å²) >= 11 is 0. The first-order valence-corrected chi connectivity index (χ1v) is 6.10. The van der Waals surface area contributed by atoms with Crippen molar-refractivity contribution < 1.29 is 4.74 Å². The van der Waals surface area contributed by atoms with Gasteiger partial charge in [-0.15, -0.1) is 0 Å². The average Bonchev–Trinajstić information content (AvgIpc) is 2.40. The summed E-state index contributed by atoms with van der Waals surface area (Å²) in [6.45, 7) is 4.01. The van der Waals surface area contributed by atoms with Gasteiger partial charge >= 0.3 is 0 Å². The van der Waals surface area contributed by atoms with Crippen LogP contribution in [0.2, 0.25) is 0 Å². The van der Waals surface area contributed by atoms with Gasteiger partial charge < -0.3 is 4.74 Å². The molecule has 0 bridgehead atoms. The van der Waals surface area contributed by atoms with Crippen LogP contribution in [-0.2, 0) is 0 Å². The molecule has 90 valence electrons. The summed E-state index contributed by atoms with van der Waals surface area (Å²) in [4.78, 5) is 6.33. The molecule has 0 saturated carbocycles. The first-order valence-electron chi connectivity index (χ1n) is 6.10. The first-order chi connectivity index (χ1) is 8.38. The van der Waals surface area contributed by atoms with Crippen molar-refractivity contribution in [2.75, 3.05) is 26.2 Å². The molecule has 4 heteroatoms. The minimum absolute atomic E-state index is 0.403. The van der Waals surface area contributed by atoms with Crippen LogP contribution in [0.1, 0.15) is 25.0 Å². The van der Waals surface area contributed by atoms with Crippen molar-refractivity contribution in [1.82, 2.24) is 9.88 Å². The highest BCUT2D eigenvalue weighted by Crippen LogP contribution is 2.11. The summed E-state index contributed by atoms with van der Waals surface area (Å²) < 4.78 is 5.62. The van der Waals surface area contributed by atoms with E-state index in [-0.39, 0.29) is 0 Å². The van der Waals surface area contributed by atoms with Crippen LogP contribution in [0, 0.1) is 11.3 Å². The van der Waals surface area contributed by atoms with Crippen LogP contribution < -0.4 is 4.74 Å². The van der Waals surface area contributed by atoms with Crippen LogP contribution >= 0.6 is 0 Å². The number of hydrogen-bond donors (Lipinski definition) is 0. The number of pyridine rings is 1.